The zero-order chi connectivity index (χ0) is 20.2. The molecule has 146 valence electrons. The molecular formula is C21H19N5OS2. The zero-order valence-corrected chi connectivity index (χ0v) is 17.6. The van der Waals surface area contributed by atoms with Crippen molar-refractivity contribution in [2.75, 3.05) is 11.1 Å². The van der Waals surface area contributed by atoms with E-state index in [2.05, 4.69) is 26.6 Å². The van der Waals surface area contributed by atoms with Gasteiger partial charge in [0.2, 0.25) is 5.91 Å². The molecule has 8 heteroatoms. The molecular weight excluding hydrogens is 402 g/mol. The number of thioether (sulfide) groups is 1. The monoisotopic (exact) mass is 421 g/mol. The van der Waals surface area contributed by atoms with Crippen LogP contribution in [-0.2, 0) is 4.79 Å². The summed E-state index contributed by atoms with van der Waals surface area (Å²) in [5.74, 6) is 0.847. The third kappa shape index (κ3) is 4.55. The van der Waals surface area contributed by atoms with Gasteiger partial charge in [-0.3, -0.25) is 9.36 Å². The van der Waals surface area contributed by atoms with Crippen molar-refractivity contribution >= 4 is 34.1 Å². The largest absolute Gasteiger partial charge is 0.301 e. The molecule has 6 nitrogen and oxygen atoms in total. The lowest BCUT2D eigenvalue weighted by Crippen LogP contribution is -2.14. The van der Waals surface area contributed by atoms with E-state index in [4.69, 9.17) is 0 Å². The van der Waals surface area contributed by atoms with Gasteiger partial charge in [-0.1, -0.05) is 53.7 Å². The van der Waals surface area contributed by atoms with Gasteiger partial charge in [0, 0.05) is 16.6 Å². The van der Waals surface area contributed by atoms with Crippen LogP contribution in [0.1, 0.15) is 11.3 Å². The Morgan fingerprint density at radius 2 is 1.93 bits per heavy atom. The minimum atomic E-state index is -0.121. The minimum absolute atomic E-state index is 0.121. The molecule has 1 amide bonds. The van der Waals surface area contributed by atoms with Crippen molar-refractivity contribution in [1.82, 2.24) is 19.7 Å². The quantitative estimate of drug-likeness (QED) is 0.455. The van der Waals surface area contributed by atoms with Crippen molar-refractivity contribution in [3.63, 3.8) is 0 Å². The Morgan fingerprint density at radius 1 is 1.10 bits per heavy atom. The third-order valence-corrected chi connectivity index (χ3v) is 5.93. The summed E-state index contributed by atoms with van der Waals surface area (Å²) in [5, 5.41) is 14.8. The molecule has 2 aromatic carbocycles. The smallest absolute Gasteiger partial charge is 0.236 e. The number of hydrogen-bond acceptors (Lipinski definition) is 6. The van der Waals surface area contributed by atoms with Crippen LogP contribution in [0.5, 0.6) is 0 Å². The molecule has 4 aromatic rings. The summed E-state index contributed by atoms with van der Waals surface area (Å²) in [6, 6.07) is 18.1. The average Bonchev–Trinajstić information content (AvgIpc) is 3.33. The molecule has 0 bridgehead atoms. The predicted molar refractivity (Wildman–Crippen MR) is 118 cm³/mol. The third-order valence-electron chi connectivity index (χ3n) is 4.12. The molecule has 0 aliphatic rings. The molecule has 0 fully saturated rings. The van der Waals surface area contributed by atoms with E-state index in [1.165, 1.54) is 23.1 Å². The van der Waals surface area contributed by atoms with Crippen LogP contribution in [0.2, 0.25) is 0 Å². The summed E-state index contributed by atoms with van der Waals surface area (Å²) in [7, 11) is 0. The van der Waals surface area contributed by atoms with E-state index in [0.29, 0.717) is 10.3 Å². The number of carbonyl (C=O) groups excluding carboxylic acids is 1. The van der Waals surface area contributed by atoms with Crippen LogP contribution in [0.25, 0.3) is 17.1 Å². The standard InChI is InChI=1S/C21H19N5OS2/c1-14-7-6-8-16(11-14)19-24-25-21(26(19)17-9-4-3-5-10-17)29-13-18(27)23-20-22-15(2)12-28-20/h3-12H,13H2,1-2H3,(H,22,23,27). The van der Waals surface area contributed by atoms with Gasteiger partial charge in [-0.25, -0.2) is 4.98 Å². The first-order valence-electron chi connectivity index (χ1n) is 9.03. The van der Waals surface area contributed by atoms with E-state index in [0.717, 1.165) is 28.3 Å². The molecule has 0 radical (unpaired) electrons. The van der Waals surface area contributed by atoms with Crippen LogP contribution in [-0.4, -0.2) is 31.4 Å². The molecule has 29 heavy (non-hydrogen) atoms. The molecule has 0 unspecified atom stereocenters. The molecule has 0 spiro atoms. The van der Waals surface area contributed by atoms with Crippen molar-refractivity contribution < 1.29 is 4.79 Å². The van der Waals surface area contributed by atoms with Crippen molar-refractivity contribution in [1.29, 1.82) is 0 Å². The molecule has 0 aliphatic carbocycles. The zero-order valence-electron chi connectivity index (χ0n) is 16.0. The van der Waals surface area contributed by atoms with Crippen molar-refractivity contribution in [2.45, 2.75) is 19.0 Å². The number of hydrogen-bond donors (Lipinski definition) is 1. The maximum Gasteiger partial charge on any atom is 0.236 e. The van der Waals surface area contributed by atoms with E-state index in [-0.39, 0.29) is 11.7 Å². The molecule has 1 N–H and O–H groups in total. The van der Waals surface area contributed by atoms with Crippen molar-refractivity contribution in [3.05, 3.63) is 71.2 Å². The number of nitrogens with zero attached hydrogens (tertiary/aromatic N) is 4. The lowest BCUT2D eigenvalue weighted by atomic mass is 10.1. The van der Waals surface area contributed by atoms with Crippen LogP contribution in [0, 0.1) is 13.8 Å². The van der Waals surface area contributed by atoms with Gasteiger partial charge < -0.3 is 5.32 Å². The van der Waals surface area contributed by atoms with Gasteiger partial charge in [0.25, 0.3) is 0 Å². The second-order valence-electron chi connectivity index (χ2n) is 6.48. The number of aromatic nitrogens is 4. The Morgan fingerprint density at radius 3 is 2.66 bits per heavy atom. The molecule has 0 atom stereocenters. The van der Waals surface area contributed by atoms with Crippen molar-refractivity contribution in [2.24, 2.45) is 0 Å². The summed E-state index contributed by atoms with van der Waals surface area (Å²) in [5.41, 5.74) is 3.98. The topological polar surface area (TPSA) is 72.7 Å². The summed E-state index contributed by atoms with van der Waals surface area (Å²) < 4.78 is 1.99. The number of para-hydroxylation sites is 1. The second kappa shape index (κ2) is 8.59. The van der Waals surface area contributed by atoms with Gasteiger partial charge in [-0.05, 0) is 32.0 Å². The Bertz CT molecular complexity index is 1140. The SMILES string of the molecule is Cc1cccc(-c2nnc(SCC(=O)Nc3nc(C)cs3)n2-c2ccccc2)c1. The highest BCUT2D eigenvalue weighted by molar-refractivity contribution is 7.99. The van der Waals surface area contributed by atoms with E-state index >= 15 is 0 Å². The fourth-order valence-electron chi connectivity index (χ4n) is 2.84. The number of anilines is 1. The second-order valence-corrected chi connectivity index (χ2v) is 8.28. The number of amides is 1. The van der Waals surface area contributed by atoms with Crippen LogP contribution >= 0.6 is 23.1 Å². The molecule has 0 aliphatic heterocycles. The van der Waals surface area contributed by atoms with Gasteiger partial charge >= 0.3 is 0 Å². The number of aryl methyl sites for hydroxylation is 2. The summed E-state index contributed by atoms with van der Waals surface area (Å²) in [4.78, 5) is 16.6. The van der Waals surface area contributed by atoms with E-state index in [1.54, 1.807) is 0 Å². The molecule has 4 rings (SSSR count). The highest BCUT2D eigenvalue weighted by Gasteiger charge is 2.17. The molecule has 2 heterocycles. The highest BCUT2D eigenvalue weighted by Crippen LogP contribution is 2.28. The van der Waals surface area contributed by atoms with Gasteiger partial charge in [-0.15, -0.1) is 21.5 Å². The predicted octanol–water partition coefficient (Wildman–Crippen LogP) is 4.74. The van der Waals surface area contributed by atoms with Crippen LogP contribution in [0.4, 0.5) is 5.13 Å². The molecule has 0 saturated heterocycles. The van der Waals surface area contributed by atoms with Gasteiger partial charge in [0.15, 0.2) is 16.1 Å². The average molecular weight is 422 g/mol. The Kier molecular flexibility index (Phi) is 5.73. The first kappa shape index (κ1) is 19.4. The molecule has 2 aromatic heterocycles. The first-order chi connectivity index (χ1) is 14.1. The van der Waals surface area contributed by atoms with Gasteiger partial charge in [-0.2, -0.15) is 0 Å². The number of carbonyl (C=O) groups is 1. The Labute approximate surface area is 177 Å². The van der Waals surface area contributed by atoms with Crippen LogP contribution < -0.4 is 5.32 Å². The van der Waals surface area contributed by atoms with Crippen LogP contribution in [0.15, 0.2) is 65.1 Å². The maximum atomic E-state index is 12.3. The molecule has 0 saturated carbocycles. The maximum absolute atomic E-state index is 12.3. The fourth-order valence-corrected chi connectivity index (χ4v) is 4.30. The Hall–Kier alpha value is -2.97. The number of nitrogens with one attached hydrogen (secondary N) is 1. The van der Waals surface area contributed by atoms with E-state index in [1.807, 2.05) is 72.3 Å². The van der Waals surface area contributed by atoms with Crippen molar-refractivity contribution in [3.8, 4) is 17.1 Å². The summed E-state index contributed by atoms with van der Waals surface area (Å²) in [6.45, 7) is 3.95. The lowest BCUT2D eigenvalue weighted by molar-refractivity contribution is -0.113. The highest BCUT2D eigenvalue weighted by atomic mass is 32.2. The van der Waals surface area contributed by atoms with Gasteiger partial charge in [0.05, 0.1) is 11.4 Å². The normalized spacial score (nSPS) is 10.8. The number of thiazole rings is 1. The Balaban J connectivity index is 1.60. The minimum Gasteiger partial charge on any atom is -0.301 e. The number of benzene rings is 2. The van der Waals surface area contributed by atoms with Gasteiger partial charge in [0.1, 0.15) is 0 Å². The van der Waals surface area contributed by atoms with E-state index < -0.39 is 0 Å². The van der Waals surface area contributed by atoms with Crippen LogP contribution in [0.3, 0.4) is 0 Å². The number of rotatable bonds is 6. The fraction of sp³-hybridized carbons (Fsp3) is 0.143. The summed E-state index contributed by atoms with van der Waals surface area (Å²) >= 11 is 2.77. The summed E-state index contributed by atoms with van der Waals surface area (Å²) in [6.07, 6.45) is 0. The lowest BCUT2D eigenvalue weighted by Gasteiger charge is -2.10. The first-order valence-corrected chi connectivity index (χ1v) is 10.9. The van der Waals surface area contributed by atoms with E-state index in [9.17, 15) is 4.79 Å².